The molecule has 0 atom stereocenters. The van der Waals surface area contributed by atoms with Crippen LogP contribution in [0.5, 0.6) is 0 Å². The second kappa shape index (κ2) is 19.7. The van der Waals surface area contributed by atoms with Crippen molar-refractivity contribution in [3.63, 3.8) is 0 Å². The Morgan fingerprint density at radius 1 is 1.83 bits per heavy atom. The summed E-state index contributed by atoms with van der Waals surface area (Å²) in [5, 5.41) is 0. The Hall–Kier alpha value is 0.0465. The van der Waals surface area contributed by atoms with Crippen molar-refractivity contribution in [2.24, 2.45) is 0 Å². The fourth-order valence-corrected chi connectivity index (χ4v) is 0. The Morgan fingerprint density at radius 3 is 2.00 bits per heavy atom. The van der Waals surface area contributed by atoms with Crippen LogP contribution >= 0.6 is 0 Å². The summed E-state index contributed by atoms with van der Waals surface area (Å²) < 4.78 is 7.94. The standard InChI is InChI=1S/C4H6.Co.O/c1-3-4-2;;/h1,3H,2,4H2;;/q-2;;. The Balaban J connectivity index is 0. The van der Waals surface area contributed by atoms with Gasteiger partial charge in [0.05, 0.1) is 0 Å². The molecule has 0 aromatic rings. The van der Waals surface area contributed by atoms with Gasteiger partial charge in [-0.05, 0) is 0 Å². The predicted molar refractivity (Wildman–Crippen MR) is 19.5 cm³/mol. The molecule has 0 heterocycles. The minimum absolute atomic E-state index is 0.722. The van der Waals surface area contributed by atoms with Gasteiger partial charge in [-0.15, -0.1) is 0 Å². The molecule has 0 aromatic carbocycles. The number of allylic oxidation sites excluding steroid dienone is 1. The molecular weight excluding hydrogens is 123 g/mol. The maximum atomic E-state index is 7.94. The van der Waals surface area contributed by atoms with Crippen molar-refractivity contribution in [3.8, 4) is 0 Å². The van der Waals surface area contributed by atoms with E-state index >= 15 is 0 Å². The molecule has 0 fully saturated rings. The third-order valence-electron chi connectivity index (χ3n) is 0.167. The topological polar surface area (TPSA) is 17.1 Å². The quantitative estimate of drug-likeness (QED) is 0.484. The van der Waals surface area contributed by atoms with Crippen LogP contribution in [0.2, 0.25) is 0 Å². The molecule has 0 spiro atoms. The maximum absolute atomic E-state index is 7.94. The molecule has 0 aromatic heterocycles. The molecule has 0 aliphatic rings. The molecular formula is C4H6CoO-2. The van der Waals surface area contributed by atoms with Gasteiger partial charge in [0.15, 0.2) is 0 Å². The van der Waals surface area contributed by atoms with E-state index < -0.39 is 0 Å². The Labute approximate surface area is 46.2 Å². The molecule has 0 aliphatic heterocycles. The van der Waals surface area contributed by atoms with Crippen LogP contribution in [0.3, 0.4) is 0 Å². The van der Waals surface area contributed by atoms with Gasteiger partial charge in [0, 0.05) is 0 Å². The number of rotatable bonds is 1. The van der Waals surface area contributed by atoms with Gasteiger partial charge in [-0.25, -0.2) is 0 Å². The number of hydrogen-bond donors (Lipinski definition) is 0. The summed E-state index contributed by atoms with van der Waals surface area (Å²) in [5.41, 5.74) is 0. The van der Waals surface area contributed by atoms with Gasteiger partial charge >= 0.3 is 19.5 Å². The van der Waals surface area contributed by atoms with Gasteiger partial charge < -0.3 is 19.6 Å². The van der Waals surface area contributed by atoms with Crippen LogP contribution in [0.25, 0.3) is 0 Å². The molecule has 0 unspecified atom stereocenters. The average molecular weight is 129 g/mol. The van der Waals surface area contributed by atoms with Crippen molar-refractivity contribution in [2.45, 2.75) is 6.42 Å². The van der Waals surface area contributed by atoms with Gasteiger partial charge in [-0.1, -0.05) is 0 Å². The summed E-state index contributed by atoms with van der Waals surface area (Å²) in [6, 6.07) is 0. The van der Waals surface area contributed by atoms with Crippen LogP contribution in [-0.4, -0.2) is 0 Å². The zero-order valence-electron chi connectivity index (χ0n) is 3.31. The van der Waals surface area contributed by atoms with Crippen molar-refractivity contribution in [3.05, 3.63) is 19.6 Å². The zero-order chi connectivity index (χ0) is 5.41. The Kier molecular flexibility index (Phi) is 30.9. The molecule has 0 saturated heterocycles. The van der Waals surface area contributed by atoms with Crippen molar-refractivity contribution < 1.29 is 19.5 Å². The van der Waals surface area contributed by atoms with Gasteiger partial charge in [-0.3, -0.25) is 0 Å². The third kappa shape index (κ3) is 34.3. The summed E-state index contributed by atoms with van der Waals surface area (Å²) in [6.07, 6.45) is 2.24. The first-order valence-electron chi connectivity index (χ1n) is 1.38. The first kappa shape index (κ1) is 9.40. The second-order valence-electron chi connectivity index (χ2n) is 0.524. The van der Waals surface area contributed by atoms with E-state index in [0.717, 1.165) is 6.42 Å². The molecule has 0 amide bonds. The molecule has 0 rings (SSSR count). The molecule has 1 nitrogen and oxygen atoms in total. The van der Waals surface area contributed by atoms with E-state index in [1.54, 1.807) is 0 Å². The van der Waals surface area contributed by atoms with E-state index in [9.17, 15) is 0 Å². The van der Waals surface area contributed by atoms with E-state index in [-0.39, 0.29) is 0 Å². The third-order valence-corrected chi connectivity index (χ3v) is 0.167. The predicted octanol–water partition coefficient (Wildman–Crippen LogP) is 1.08. The summed E-state index contributed by atoms with van der Waals surface area (Å²) in [7, 11) is 0. The first-order valence-corrected chi connectivity index (χ1v) is 1.80. The van der Waals surface area contributed by atoms with E-state index in [4.69, 9.17) is 10.4 Å². The van der Waals surface area contributed by atoms with Gasteiger partial charge in [0.2, 0.25) is 0 Å². The van der Waals surface area contributed by atoms with E-state index in [1.807, 2.05) is 0 Å². The van der Waals surface area contributed by atoms with E-state index in [0.29, 0.717) is 0 Å². The van der Waals surface area contributed by atoms with Crippen LogP contribution in [0.1, 0.15) is 6.42 Å². The van der Waals surface area contributed by atoms with Crippen molar-refractivity contribution in [1.29, 1.82) is 0 Å². The zero-order valence-corrected chi connectivity index (χ0v) is 4.35. The molecule has 6 heavy (non-hydrogen) atoms. The van der Waals surface area contributed by atoms with E-state index in [1.165, 1.54) is 6.08 Å². The van der Waals surface area contributed by atoms with Crippen LogP contribution < -0.4 is 0 Å². The molecule has 0 bridgehead atoms. The average Bonchev–Trinajstić information content (AvgIpc) is 1.72. The summed E-state index contributed by atoms with van der Waals surface area (Å²) in [4.78, 5) is 0. The Morgan fingerprint density at radius 2 is 2.00 bits per heavy atom. The first-order chi connectivity index (χ1) is 2.91. The Bertz CT molecular complexity index is 28.7. The summed E-state index contributed by atoms with van der Waals surface area (Å²) in [5.74, 6) is 0. The van der Waals surface area contributed by atoms with Crippen LogP contribution in [-0.2, 0) is 19.5 Å². The fraction of sp³-hybridized carbons (Fsp3) is 0.250. The molecule has 0 radical (unpaired) electrons. The molecule has 0 saturated carbocycles. The summed E-state index contributed by atoms with van der Waals surface area (Å²) >= 11 is 2.31. The van der Waals surface area contributed by atoms with Crippen LogP contribution in [0.15, 0.2) is 6.08 Å². The van der Waals surface area contributed by atoms with Gasteiger partial charge in [0.25, 0.3) is 0 Å². The second-order valence-corrected chi connectivity index (χ2v) is 0.524. The monoisotopic (exact) mass is 129 g/mol. The molecule has 0 N–H and O–H groups in total. The normalized spacial score (nSPS) is 5.00. The van der Waals surface area contributed by atoms with Crippen molar-refractivity contribution in [1.82, 2.24) is 0 Å². The van der Waals surface area contributed by atoms with E-state index in [2.05, 4.69) is 22.6 Å². The fourth-order valence-electron chi connectivity index (χ4n) is 0. The SMILES string of the molecule is [CH-]=CC[CH2-].[O]=[Co]. The number of hydrogen-bond acceptors (Lipinski definition) is 1. The van der Waals surface area contributed by atoms with Crippen molar-refractivity contribution >= 4 is 0 Å². The molecule has 0 aliphatic carbocycles. The van der Waals surface area contributed by atoms with Gasteiger partial charge in [0.1, 0.15) is 0 Å². The van der Waals surface area contributed by atoms with Crippen LogP contribution in [0.4, 0.5) is 0 Å². The van der Waals surface area contributed by atoms with Crippen LogP contribution in [0, 0.1) is 13.5 Å². The summed E-state index contributed by atoms with van der Waals surface area (Å²) in [6.45, 7) is 8.26. The van der Waals surface area contributed by atoms with Crippen molar-refractivity contribution in [2.75, 3.05) is 0 Å². The minimum atomic E-state index is 0.722. The molecule has 39 valence electrons. The molecule has 2 heteroatoms. The van der Waals surface area contributed by atoms with Gasteiger partial charge in [-0.2, -0.15) is 6.42 Å².